The third-order valence-corrected chi connectivity index (χ3v) is 6.20. The zero-order valence-corrected chi connectivity index (χ0v) is 17.8. The summed E-state index contributed by atoms with van der Waals surface area (Å²) in [7, 11) is -3.80. The lowest BCUT2D eigenvalue weighted by molar-refractivity contribution is -0.384. The number of thioether (sulfide) groups is 1. The van der Waals surface area contributed by atoms with Crippen LogP contribution in [0.4, 0.5) is 11.4 Å². The van der Waals surface area contributed by atoms with Crippen molar-refractivity contribution < 1.29 is 18.1 Å². The van der Waals surface area contributed by atoms with Crippen molar-refractivity contribution in [1.29, 1.82) is 0 Å². The molecule has 0 unspecified atom stereocenters. The smallest absolute Gasteiger partial charge is 0.271 e. The maximum Gasteiger partial charge on any atom is 0.271 e. The van der Waals surface area contributed by atoms with Gasteiger partial charge in [-0.25, -0.2) is 8.42 Å². The molecular formula is C19H23N3O5S2. The molecule has 0 aliphatic carbocycles. The quantitative estimate of drug-likeness (QED) is 0.348. The van der Waals surface area contributed by atoms with E-state index >= 15 is 0 Å². The van der Waals surface area contributed by atoms with E-state index < -0.39 is 27.4 Å². The summed E-state index contributed by atoms with van der Waals surface area (Å²) in [5.74, 6) is 1.02. The van der Waals surface area contributed by atoms with Gasteiger partial charge in [0.2, 0.25) is 15.9 Å². The number of rotatable bonds is 10. The molecule has 0 saturated carbocycles. The van der Waals surface area contributed by atoms with Crippen LogP contribution in [-0.2, 0) is 20.6 Å². The fourth-order valence-corrected chi connectivity index (χ4v) is 4.30. The van der Waals surface area contributed by atoms with E-state index in [2.05, 4.69) is 5.32 Å². The Kier molecular flexibility index (Phi) is 8.03. The molecular weight excluding hydrogens is 414 g/mol. The number of sulfonamides is 1. The number of benzene rings is 2. The number of nitro groups is 1. The molecule has 0 aliphatic heterocycles. The number of aryl methyl sites for hydroxylation is 1. The number of nitrogens with one attached hydrogen (secondary N) is 1. The molecule has 0 aliphatic rings. The maximum atomic E-state index is 12.3. The lowest BCUT2D eigenvalue weighted by Gasteiger charge is -2.23. The molecule has 0 radical (unpaired) electrons. The van der Waals surface area contributed by atoms with Gasteiger partial charge in [0.25, 0.3) is 5.69 Å². The average Bonchev–Trinajstić information content (AvgIpc) is 2.66. The van der Waals surface area contributed by atoms with E-state index in [0.29, 0.717) is 17.9 Å². The van der Waals surface area contributed by atoms with Crippen LogP contribution in [0, 0.1) is 17.0 Å². The molecule has 1 amide bonds. The van der Waals surface area contributed by atoms with Crippen LogP contribution in [0.3, 0.4) is 0 Å². The van der Waals surface area contributed by atoms with Gasteiger partial charge in [0.05, 0.1) is 16.9 Å². The van der Waals surface area contributed by atoms with Crippen LogP contribution in [0.25, 0.3) is 0 Å². The SMILES string of the molecule is Cc1ccc([N+](=O)[O-])cc1N(CC(=O)NCCSCc1ccccc1)S(C)(=O)=O. The molecule has 0 bridgehead atoms. The minimum atomic E-state index is -3.80. The van der Waals surface area contributed by atoms with E-state index in [4.69, 9.17) is 0 Å². The number of non-ortho nitro benzene ring substituents is 1. The molecule has 2 rings (SSSR count). The summed E-state index contributed by atoms with van der Waals surface area (Å²) in [5.41, 5.74) is 1.59. The highest BCUT2D eigenvalue weighted by Crippen LogP contribution is 2.27. The summed E-state index contributed by atoms with van der Waals surface area (Å²) >= 11 is 1.66. The molecule has 10 heteroatoms. The zero-order valence-electron chi connectivity index (χ0n) is 16.2. The molecule has 1 N–H and O–H groups in total. The van der Waals surface area contributed by atoms with E-state index in [-0.39, 0.29) is 11.4 Å². The Bertz CT molecular complexity index is 965. The maximum absolute atomic E-state index is 12.3. The normalized spacial score (nSPS) is 11.1. The molecule has 0 aromatic heterocycles. The van der Waals surface area contributed by atoms with Gasteiger partial charge in [-0.1, -0.05) is 36.4 Å². The number of carbonyl (C=O) groups excluding carboxylic acids is 1. The molecule has 156 valence electrons. The minimum Gasteiger partial charge on any atom is -0.354 e. The van der Waals surface area contributed by atoms with E-state index in [0.717, 1.165) is 16.3 Å². The van der Waals surface area contributed by atoms with Gasteiger partial charge in [-0.05, 0) is 18.1 Å². The highest BCUT2D eigenvalue weighted by Gasteiger charge is 2.24. The monoisotopic (exact) mass is 437 g/mol. The van der Waals surface area contributed by atoms with Crippen molar-refractivity contribution in [2.75, 3.05) is 29.4 Å². The second-order valence-electron chi connectivity index (χ2n) is 6.39. The van der Waals surface area contributed by atoms with E-state index in [1.54, 1.807) is 18.7 Å². The first kappa shape index (κ1) is 22.7. The van der Waals surface area contributed by atoms with Crippen molar-refractivity contribution in [1.82, 2.24) is 5.32 Å². The van der Waals surface area contributed by atoms with Gasteiger partial charge in [0.15, 0.2) is 0 Å². The summed E-state index contributed by atoms with van der Waals surface area (Å²) in [5, 5.41) is 13.7. The number of anilines is 1. The third kappa shape index (κ3) is 7.06. The number of nitrogens with zero attached hydrogens (tertiary/aromatic N) is 2. The molecule has 29 heavy (non-hydrogen) atoms. The number of hydrogen-bond acceptors (Lipinski definition) is 6. The predicted octanol–water partition coefficient (Wildman–Crippen LogP) is 2.72. The van der Waals surface area contributed by atoms with Crippen LogP contribution < -0.4 is 9.62 Å². The Morgan fingerprint density at radius 1 is 1.21 bits per heavy atom. The van der Waals surface area contributed by atoms with Gasteiger partial charge in [0, 0.05) is 30.2 Å². The topological polar surface area (TPSA) is 110 Å². The summed E-state index contributed by atoms with van der Waals surface area (Å²) in [6, 6.07) is 13.9. The summed E-state index contributed by atoms with van der Waals surface area (Å²) in [4.78, 5) is 22.7. The van der Waals surface area contributed by atoms with E-state index in [9.17, 15) is 23.3 Å². The molecule has 0 atom stereocenters. The van der Waals surface area contributed by atoms with Gasteiger partial charge in [-0.3, -0.25) is 19.2 Å². The van der Waals surface area contributed by atoms with Crippen molar-refractivity contribution in [2.24, 2.45) is 0 Å². The van der Waals surface area contributed by atoms with Crippen LogP contribution in [0.5, 0.6) is 0 Å². The highest BCUT2D eigenvalue weighted by atomic mass is 32.2. The second kappa shape index (κ2) is 10.3. The average molecular weight is 438 g/mol. The number of amides is 1. The fourth-order valence-electron chi connectivity index (χ4n) is 2.57. The first-order chi connectivity index (χ1) is 13.7. The number of carbonyl (C=O) groups is 1. The van der Waals surface area contributed by atoms with Gasteiger partial charge in [-0.15, -0.1) is 0 Å². The molecule has 0 heterocycles. The van der Waals surface area contributed by atoms with E-state index in [1.807, 2.05) is 30.3 Å². The van der Waals surface area contributed by atoms with Crippen molar-refractivity contribution in [3.8, 4) is 0 Å². The van der Waals surface area contributed by atoms with Crippen molar-refractivity contribution >= 4 is 39.1 Å². The standard InChI is InChI=1S/C19H23N3O5S2/c1-15-8-9-17(22(24)25)12-18(15)21(29(2,26)27)13-19(23)20-10-11-28-14-16-6-4-3-5-7-16/h3-9,12H,10-11,13-14H2,1-2H3,(H,20,23). The summed E-state index contributed by atoms with van der Waals surface area (Å²) in [6.07, 6.45) is 0.967. The van der Waals surface area contributed by atoms with Crippen LogP contribution >= 0.6 is 11.8 Å². The molecule has 0 spiro atoms. The summed E-state index contributed by atoms with van der Waals surface area (Å²) < 4.78 is 25.3. The first-order valence-electron chi connectivity index (χ1n) is 8.79. The Balaban J connectivity index is 1.96. The lowest BCUT2D eigenvalue weighted by atomic mass is 10.2. The van der Waals surface area contributed by atoms with Gasteiger partial charge >= 0.3 is 0 Å². The van der Waals surface area contributed by atoms with Crippen LogP contribution in [0.1, 0.15) is 11.1 Å². The lowest BCUT2D eigenvalue weighted by Crippen LogP contribution is -2.41. The first-order valence-corrected chi connectivity index (χ1v) is 11.8. The third-order valence-electron chi connectivity index (χ3n) is 4.04. The second-order valence-corrected chi connectivity index (χ2v) is 9.40. The van der Waals surface area contributed by atoms with Gasteiger partial charge in [0.1, 0.15) is 6.54 Å². The van der Waals surface area contributed by atoms with Crippen molar-refractivity contribution in [2.45, 2.75) is 12.7 Å². The fraction of sp³-hybridized carbons (Fsp3) is 0.316. The van der Waals surface area contributed by atoms with Crippen LogP contribution in [-0.4, -0.2) is 44.3 Å². The highest BCUT2D eigenvalue weighted by molar-refractivity contribution is 7.98. The molecule has 2 aromatic carbocycles. The minimum absolute atomic E-state index is 0.121. The Morgan fingerprint density at radius 2 is 1.90 bits per heavy atom. The zero-order chi connectivity index (χ0) is 21.4. The van der Waals surface area contributed by atoms with Gasteiger partial charge in [-0.2, -0.15) is 11.8 Å². The Morgan fingerprint density at radius 3 is 2.52 bits per heavy atom. The largest absolute Gasteiger partial charge is 0.354 e. The summed E-state index contributed by atoms with van der Waals surface area (Å²) in [6.45, 7) is 1.58. The number of nitro benzene ring substituents is 1. The van der Waals surface area contributed by atoms with E-state index in [1.165, 1.54) is 23.8 Å². The number of hydrogen-bond donors (Lipinski definition) is 1. The van der Waals surface area contributed by atoms with Crippen LogP contribution in [0.2, 0.25) is 0 Å². The molecule has 2 aromatic rings. The Hall–Kier alpha value is -2.59. The van der Waals surface area contributed by atoms with Gasteiger partial charge < -0.3 is 5.32 Å². The predicted molar refractivity (Wildman–Crippen MR) is 116 cm³/mol. The van der Waals surface area contributed by atoms with Crippen LogP contribution in [0.15, 0.2) is 48.5 Å². The molecule has 8 nitrogen and oxygen atoms in total. The Labute approximate surface area is 174 Å². The molecule has 0 fully saturated rings. The van der Waals surface area contributed by atoms with Crippen molar-refractivity contribution in [3.05, 3.63) is 69.8 Å². The van der Waals surface area contributed by atoms with Crippen molar-refractivity contribution in [3.63, 3.8) is 0 Å². The molecule has 0 saturated heterocycles.